The van der Waals surface area contributed by atoms with E-state index < -0.39 is 11.6 Å². The molecule has 2 aromatic rings. The van der Waals surface area contributed by atoms with Crippen LogP contribution in [0.3, 0.4) is 0 Å². The fourth-order valence-corrected chi connectivity index (χ4v) is 1.84. The molecule has 0 bridgehead atoms. The molecule has 0 atom stereocenters. The van der Waals surface area contributed by atoms with Gasteiger partial charge in [0.2, 0.25) is 5.82 Å². The lowest BCUT2D eigenvalue weighted by Crippen LogP contribution is -1.95. The maximum Gasteiger partial charge on any atom is 0.201 e. The summed E-state index contributed by atoms with van der Waals surface area (Å²) in [5.41, 5.74) is 0.341. The summed E-state index contributed by atoms with van der Waals surface area (Å²) in [5.74, 6) is -2.28. The highest BCUT2D eigenvalue weighted by molar-refractivity contribution is 6.34. The second kappa shape index (κ2) is 5.36. The molecule has 0 spiro atoms. The predicted octanol–water partition coefficient (Wildman–Crippen LogP) is 4.61. The molecule has 0 saturated heterocycles. The predicted molar refractivity (Wildman–Crippen MR) is 67.9 cm³/mol. The van der Waals surface area contributed by atoms with Gasteiger partial charge >= 0.3 is 0 Å². The smallest absolute Gasteiger partial charge is 0.201 e. The average molecular weight is 283 g/mol. The first-order valence-corrected chi connectivity index (χ1v) is 5.79. The number of Topliss-reactive ketones (excluding diaryl/α,β-unsaturated/α-hetero) is 1. The van der Waals surface area contributed by atoms with Crippen LogP contribution in [0.4, 0.5) is 8.78 Å². The summed E-state index contributed by atoms with van der Waals surface area (Å²) in [5, 5.41) is 0.196. The number of carbonyl (C=O) groups excluding carboxylic acids is 1. The van der Waals surface area contributed by atoms with Crippen LogP contribution < -0.4 is 4.74 Å². The molecule has 5 heteroatoms. The topological polar surface area (TPSA) is 26.3 Å². The number of halogens is 3. The van der Waals surface area contributed by atoms with Crippen molar-refractivity contribution in [3.63, 3.8) is 0 Å². The minimum Gasteiger partial charge on any atom is -0.454 e. The van der Waals surface area contributed by atoms with Crippen molar-refractivity contribution in [1.29, 1.82) is 0 Å². The number of ketones is 1. The van der Waals surface area contributed by atoms with Crippen molar-refractivity contribution >= 4 is 17.4 Å². The van der Waals surface area contributed by atoms with Gasteiger partial charge in [0.05, 0.1) is 5.02 Å². The zero-order chi connectivity index (χ0) is 14.0. The van der Waals surface area contributed by atoms with Gasteiger partial charge < -0.3 is 4.74 Å². The lowest BCUT2D eigenvalue weighted by molar-refractivity contribution is 0.101. The molecule has 0 amide bonds. The summed E-state index contributed by atoms with van der Waals surface area (Å²) in [7, 11) is 0. The van der Waals surface area contributed by atoms with E-state index >= 15 is 0 Å². The lowest BCUT2D eigenvalue weighted by atomic mass is 10.1. The van der Waals surface area contributed by atoms with E-state index in [1.807, 2.05) is 0 Å². The van der Waals surface area contributed by atoms with E-state index in [9.17, 15) is 13.6 Å². The molecule has 2 rings (SSSR count). The van der Waals surface area contributed by atoms with Crippen LogP contribution >= 0.6 is 11.6 Å². The third-order valence-electron chi connectivity index (χ3n) is 2.46. The largest absolute Gasteiger partial charge is 0.454 e. The normalized spacial score (nSPS) is 10.3. The molecule has 2 aromatic carbocycles. The molecule has 0 aliphatic heterocycles. The quantitative estimate of drug-likeness (QED) is 0.768. The van der Waals surface area contributed by atoms with Crippen LogP contribution in [-0.2, 0) is 0 Å². The van der Waals surface area contributed by atoms with Gasteiger partial charge in [0.15, 0.2) is 17.3 Å². The van der Waals surface area contributed by atoms with Crippen LogP contribution in [0.2, 0.25) is 5.02 Å². The van der Waals surface area contributed by atoms with Crippen LogP contribution in [0.15, 0.2) is 36.4 Å². The van der Waals surface area contributed by atoms with Crippen molar-refractivity contribution in [3.05, 3.63) is 58.6 Å². The highest BCUT2D eigenvalue weighted by atomic mass is 35.5. The summed E-state index contributed by atoms with van der Waals surface area (Å²) in [6.45, 7) is 1.38. The number of benzene rings is 2. The van der Waals surface area contributed by atoms with Crippen LogP contribution in [-0.4, -0.2) is 5.78 Å². The molecule has 0 aliphatic rings. The first-order chi connectivity index (χ1) is 8.99. The van der Waals surface area contributed by atoms with Crippen LogP contribution in [0, 0.1) is 11.6 Å². The first-order valence-electron chi connectivity index (χ1n) is 5.41. The van der Waals surface area contributed by atoms with E-state index in [-0.39, 0.29) is 22.3 Å². The summed E-state index contributed by atoms with van der Waals surface area (Å²) < 4.78 is 31.6. The standard InChI is InChI=1S/C14H9ClF2O2/c1-8(18)10-6-5-9(7-11(10)15)19-13-4-2-3-12(16)14(13)17/h2-7H,1H3. The van der Waals surface area contributed by atoms with E-state index in [1.165, 1.54) is 37.3 Å². The third-order valence-corrected chi connectivity index (χ3v) is 2.78. The minimum atomic E-state index is -1.07. The molecule has 0 fully saturated rings. The molecular formula is C14H9ClF2O2. The van der Waals surface area contributed by atoms with Gasteiger partial charge in [-0.05, 0) is 31.2 Å². The average Bonchev–Trinajstić information content (AvgIpc) is 2.34. The molecule has 0 heterocycles. The Morgan fingerprint density at radius 3 is 2.58 bits per heavy atom. The molecule has 0 aromatic heterocycles. The fraction of sp³-hybridized carbons (Fsp3) is 0.0714. The zero-order valence-electron chi connectivity index (χ0n) is 9.91. The summed E-state index contributed by atoms with van der Waals surface area (Å²) in [6, 6.07) is 7.94. The van der Waals surface area contributed by atoms with Crippen molar-refractivity contribution in [2.75, 3.05) is 0 Å². The number of carbonyl (C=O) groups is 1. The van der Waals surface area contributed by atoms with Gasteiger partial charge in [-0.1, -0.05) is 17.7 Å². The van der Waals surface area contributed by atoms with E-state index in [2.05, 4.69) is 0 Å². The molecule has 0 saturated carbocycles. The maximum absolute atomic E-state index is 13.4. The van der Waals surface area contributed by atoms with E-state index in [4.69, 9.17) is 16.3 Å². The molecule has 2 nitrogen and oxygen atoms in total. The molecule has 0 N–H and O–H groups in total. The summed E-state index contributed by atoms with van der Waals surface area (Å²) in [4.78, 5) is 11.2. The second-order valence-corrected chi connectivity index (χ2v) is 4.26. The minimum absolute atomic E-state index is 0.187. The summed E-state index contributed by atoms with van der Waals surface area (Å²) >= 11 is 5.89. The second-order valence-electron chi connectivity index (χ2n) is 3.85. The maximum atomic E-state index is 13.4. The van der Waals surface area contributed by atoms with Gasteiger partial charge in [0.1, 0.15) is 5.75 Å². The van der Waals surface area contributed by atoms with E-state index in [0.29, 0.717) is 5.56 Å². The van der Waals surface area contributed by atoms with E-state index in [0.717, 1.165) is 6.07 Å². The highest BCUT2D eigenvalue weighted by Crippen LogP contribution is 2.29. The molecule has 98 valence electrons. The molecule has 0 unspecified atom stereocenters. The monoisotopic (exact) mass is 282 g/mol. The molecule has 0 radical (unpaired) electrons. The molecule has 0 aliphatic carbocycles. The Balaban J connectivity index is 2.32. The number of ether oxygens (including phenoxy) is 1. The van der Waals surface area contributed by atoms with Gasteiger partial charge in [-0.25, -0.2) is 4.39 Å². The Bertz CT molecular complexity index is 641. The number of rotatable bonds is 3. The Morgan fingerprint density at radius 2 is 1.95 bits per heavy atom. The van der Waals surface area contributed by atoms with Crippen molar-refractivity contribution in [3.8, 4) is 11.5 Å². The first kappa shape index (κ1) is 13.5. The highest BCUT2D eigenvalue weighted by Gasteiger charge is 2.11. The molecule has 19 heavy (non-hydrogen) atoms. The molecular weight excluding hydrogens is 274 g/mol. The Morgan fingerprint density at radius 1 is 1.21 bits per heavy atom. The van der Waals surface area contributed by atoms with Crippen LogP contribution in [0.25, 0.3) is 0 Å². The van der Waals surface area contributed by atoms with Crippen LogP contribution in [0.1, 0.15) is 17.3 Å². The fourth-order valence-electron chi connectivity index (χ4n) is 1.53. The number of hydrogen-bond donors (Lipinski definition) is 0. The SMILES string of the molecule is CC(=O)c1ccc(Oc2cccc(F)c2F)cc1Cl. The van der Waals surface area contributed by atoms with Gasteiger partial charge in [-0.15, -0.1) is 0 Å². The summed E-state index contributed by atoms with van der Waals surface area (Å²) in [6.07, 6.45) is 0. The Hall–Kier alpha value is -1.94. The zero-order valence-corrected chi connectivity index (χ0v) is 10.7. The van der Waals surface area contributed by atoms with Gasteiger partial charge in [0.25, 0.3) is 0 Å². The van der Waals surface area contributed by atoms with Crippen molar-refractivity contribution in [2.24, 2.45) is 0 Å². The van der Waals surface area contributed by atoms with Crippen LogP contribution in [0.5, 0.6) is 11.5 Å². The lowest BCUT2D eigenvalue weighted by Gasteiger charge is -2.08. The number of hydrogen-bond acceptors (Lipinski definition) is 2. The van der Waals surface area contributed by atoms with Crippen molar-refractivity contribution < 1.29 is 18.3 Å². The Labute approximate surface area is 113 Å². The van der Waals surface area contributed by atoms with Crippen molar-refractivity contribution in [1.82, 2.24) is 0 Å². The van der Waals surface area contributed by atoms with Gasteiger partial charge in [-0.2, -0.15) is 4.39 Å². The van der Waals surface area contributed by atoms with Gasteiger partial charge in [-0.3, -0.25) is 4.79 Å². The van der Waals surface area contributed by atoms with Crippen molar-refractivity contribution in [2.45, 2.75) is 6.92 Å². The third kappa shape index (κ3) is 2.90. The van der Waals surface area contributed by atoms with Gasteiger partial charge in [0, 0.05) is 11.6 Å². The van der Waals surface area contributed by atoms with E-state index in [1.54, 1.807) is 0 Å². The Kier molecular flexibility index (Phi) is 3.81.